The molecule has 1 aliphatic rings. The van der Waals surface area contributed by atoms with E-state index in [4.69, 9.17) is 11.6 Å². The van der Waals surface area contributed by atoms with Gasteiger partial charge >= 0.3 is 0 Å². The summed E-state index contributed by atoms with van der Waals surface area (Å²) in [6.07, 6.45) is 1.04. The maximum atomic E-state index is 12.5. The van der Waals surface area contributed by atoms with Crippen LogP contribution in [0.15, 0.2) is 47.4 Å². The average Bonchev–Trinajstić information content (AvgIpc) is 2.55. The van der Waals surface area contributed by atoms with Crippen LogP contribution in [-0.4, -0.2) is 20.9 Å². The van der Waals surface area contributed by atoms with Crippen LogP contribution in [0.25, 0.3) is 0 Å². The summed E-state index contributed by atoms with van der Waals surface area (Å²) in [6.45, 7) is 2.51. The number of rotatable bonds is 4. The van der Waals surface area contributed by atoms with Crippen LogP contribution in [0.1, 0.15) is 18.9 Å². The maximum absolute atomic E-state index is 12.5. The molecule has 7 heteroatoms. The smallest absolute Gasteiger partial charge is 0.263 e. The van der Waals surface area contributed by atoms with E-state index in [9.17, 15) is 13.2 Å². The lowest BCUT2D eigenvalue weighted by Gasteiger charge is -2.28. The lowest BCUT2D eigenvalue weighted by molar-refractivity contribution is -0.118. The third-order valence-corrected chi connectivity index (χ3v) is 5.86. The summed E-state index contributed by atoms with van der Waals surface area (Å²) in [5.41, 5.74) is 2.25. The van der Waals surface area contributed by atoms with Crippen molar-refractivity contribution in [1.82, 2.24) is 0 Å². The van der Waals surface area contributed by atoms with Gasteiger partial charge in [-0.2, -0.15) is 0 Å². The molecule has 0 radical (unpaired) electrons. The summed E-state index contributed by atoms with van der Waals surface area (Å²) in [5.74, 6) is 0.0920. The summed E-state index contributed by atoms with van der Waals surface area (Å²) in [5, 5.41) is 0.172. The number of carbonyl (C=O) groups is 1. The van der Waals surface area contributed by atoms with Crippen LogP contribution in [0.3, 0.4) is 0 Å². The Labute approximate surface area is 146 Å². The molecule has 0 aliphatic carbocycles. The highest BCUT2D eigenvalue weighted by Gasteiger charge is 2.24. The predicted molar refractivity (Wildman–Crippen MR) is 95.1 cm³/mol. The fourth-order valence-corrected chi connectivity index (χ4v) is 4.41. The molecule has 24 heavy (non-hydrogen) atoms. The Morgan fingerprint density at radius 2 is 1.92 bits per heavy atom. The van der Waals surface area contributed by atoms with Crippen molar-refractivity contribution in [1.29, 1.82) is 0 Å². The first-order valence-electron chi connectivity index (χ1n) is 7.63. The van der Waals surface area contributed by atoms with E-state index in [2.05, 4.69) is 4.72 Å². The molecular formula is C17H17ClN2O3S. The summed E-state index contributed by atoms with van der Waals surface area (Å²) in [4.78, 5) is 13.7. The van der Waals surface area contributed by atoms with E-state index in [0.29, 0.717) is 25.1 Å². The molecule has 0 atom stereocenters. The third kappa shape index (κ3) is 3.12. The molecule has 1 heterocycles. The topological polar surface area (TPSA) is 66.5 Å². The molecule has 0 aromatic heterocycles. The number of hydrogen-bond donors (Lipinski definition) is 1. The van der Waals surface area contributed by atoms with Crippen LogP contribution >= 0.6 is 11.6 Å². The molecule has 0 fully saturated rings. The van der Waals surface area contributed by atoms with E-state index >= 15 is 0 Å². The molecule has 126 valence electrons. The minimum Gasteiger partial charge on any atom is -0.312 e. The second-order valence-electron chi connectivity index (χ2n) is 5.52. The van der Waals surface area contributed by atoms with Crippen LogP contribution in [0.5, 0.6) is 0 Å². The van der Waals surface area contributed by atoms with E-state index < -0.39 is 10.0 Å². The molecule has 1 N–H and O–H groups in total. The number of fused-ring (bicyclic) bond motifs is 1. The monoisotopic (exact) mass is 364 g/mol. The van der Waals surface area contributed by atoms with Gasteiger partial charge in [-0.05, 0) is 49.2 Å². The number of hydrogen-bond acceptors (Lipinski definition) is 3. The highest BCUT2D eigenvalue weighted by Crippen LogP contribution is 2.31. The van der Waals surface area contributed by atoms with Gasteiger partial charge in [0.1, 0.15) is 4.90 Å². The standard InChI is InChI=1S/C17H17ClN2O3S/c1-2-20-15-9-8-13(11-12(15)7-10-17(20)21)19-24(22,23)16-6-4-3-5-14(16)18/h3-6,8-9,11,19H,2,7,10H2,1H3. The largest absolute Gasteiger partial charge is 0.312 e. The zero-order chi connectivity index (χ0) is 17.3. The minimum atomic E-state index is -3.76. The van der Waals surface area contributed by atoms with E-state index in [1.807, 2.05) is 6.92 Å². The number of sulfonamides is 1. The van der Waals surface area contributed by atoms with E-state index in [1.165, 1.54) is 12.1 Å². The van der Waals surface area contributed by atoms with Crippen molar-refractivity contribution in [3.8, 4) is 0 Å². The number of halogens is 1. The maximum Gasteiger partial charge on any atom is 0.263 e. The Morgan fingerprint density at radius 1 is 1.17 bits per heavy atom. The molecule has 0 saturated heterocycles. The molecule has 1 aliphatic heterocycles. The van der Waals surface area contributed by atoms with Crippen LogP contribution in [0.4, 0.5) is 11.4 Å². The number of nitrogens with zero attached hydrogens (tertiary/aromatic N) is 1. The van der Waals surface area contributed by atoms with Gasteiger partial charge in [0.2, 0.25) is 5.91 Å². The summed E-state index contributed by atoms with van der Waals surface area (Å²) in [6, 6.07) is 11.5. The average molecular weight is 365 g/mol. The molecule has 2 aromatic carbocycles. The van der Waals surface area contributed by atoms with Crippen molar-refractivity contribution in [2.75, 3.05) is 16.2 Å². The van der Waals surface area contributed by atoms with Gasteiger partial charge in [0.25, 0.3) is 10.0 Å². The molecule has 5 nitrogen and oxygen atoms in total. The normalized spacial score (nSPS) is 14.4. The summed E-state index contributed by atoms with van der Waals surface area (Å²) >= 11 is 5.98. The number of amides is 1. The van der Waals surface area contributed by atoms with E-state index in [0.717, 1.165) is 11.3 Å². The third-order valence-electron chi connectivity index (χ3n) is 3.97. The Bertz CT molecular complexity index is 896. The number of benzene rings is 2. The Hall–Kier alpha value is -2.05. The van der Waals surface area contributed by atoms with Gasteiger partial charge in [-0.3, -0.25) is 9.52 Å². The molecule has 0 saturated carbocycles. The first kappa shape index (κ1) is 16.8. The van der Waals surface area contributed by atoms with Gasteiger partial charge in [-0.15, -0.1) is 0 Å². The van der Waals surface area contributed by atoms with Gasteiger partial charge < -0.3 is 4.90 Å². The van der Waals surface area contributed by atoms with Gasteiger partial charge in [0.05, 0.1) is 5.02 Å². The van der Waals surface area contributed by atoms with Gasteiger partial charge in [0, 0.05) is 24.3 Å². The van der Waals surface area contributed by atoms with Crippen LogP contribution < -0.4 is 9.62 Å². The number of nitrogens with one attached hydrogen (secondary N) is 1. The van der Waals surface area contributed by atoms with Crippen molar-refractivity contribution in [3.63, 3.8) is 0 Å². The van der Waals surface area contributed by atoms with Gasteiger partial charge in [-0.1, -0.05) is 23.7 Å². The minimum absolute atomic E-state index is 0.0368. The summed E-state index contributed by atoms with van der Waals surface area (Å²) < 4.78 is 27.6. The van der Waals surface area contributed by atoms with Crippen LogP contribution in [-0.2, 0) is 21.2 Å². The summed E-state index contributed by atoms with van der Waals surface area (Å²) in [7, 11) is -3.76. The van der Waals surface area contributed by atoms with E-state index in [-0.39, 0.29) is 15.8 Å². The van der Waals surface area contributed by atoms with Gasteiger partial charge in [0.15, 0.2) is 0 Å². The molecule has 3 rings (SSSR count). The molecule has 0 bridgehead atoms. The highest BCUT2D eigenvalue weighted by molar-refractivity contribution is 7.92. The second kappa shape index (κ2) is 6.45. The van der Waals surface area contributed by atoms with Gasteiger partial charge in [-0.25, -0.2) is 8.42 Å². The molecule has 2 aromatic rings. The van der Waals surface area contributed by atoms with Crippen molar-refractivity contribution in [2.24, 2.45) is 0 Å². The Balaban J connectivity index is 1.92. The first-order chi connectivity index (χ1) is 11.4. The Morgan fingerprint density at radius 3 is 2.62 bits per heavy atom. The fourth-order valence-electron chi connectivity index (χ4n) is 2.84. The number of carbonyl (C=O) groups excluding carboxylic acids is 1. The zero-order valence-electron chi connectivity index (χ0n) is 13.1. The lowest BCUT2D eigenvalue weighted by Crippen LogP contribution is -2.34. The van der Waals surface area contributed by atoms with Crippen molar-refractivity contribution in [2.45, 2.75) is 24.7 Å². The first-order valence-corrected chi connectivity index (χ1v) is 9.49. The Kier molecular flexibility index (Phi) is 4.51. The molecule has 0 spiro atoms. The predicted octanol–water partition coefficient (Wildman–Crippen LogP) is 3.44. The fraction of sp³-hybridized carbons (Fsp3) is 0.235. The quantitative estimate of drug-likeness (QED) is 0.903. The molecule has 1 amide bonds. The molecule has 0 unspecified atom stereocenters. The number of anilines is 2. The van der Waals surface area contributed by atoms with Crippen LogP contribution in [0.2, 0.25) is 5.02 Å². The lowest BCUT2D eigenvalue weighted by atomic mass is 10.0. The van der Waals surface area contributed by atoms with Crippen LogP contribution in [0, 0.1) is 0 Å². The molecular weight excluding hydrogens is 348 g/mol. The van der Waals surface area contributed by atoms with Crippen molar-refractivity contribution in [3.05, 3.63) is 53.1 Å². The van der Waals surface area contributed by atoms with Crippen molar-refractivity contribution < 1.29 is 13.2 Å². The second-order valence-corrected chi connectivity index (χ2v) is 7.58. The highest BCUT2D eigenvalue weighted by atomic mass is 35.5. The number of aryl methyl sites for hydroxylation is 1. The van der Waals surface area contributed by atoms with E-state index in [1.54, 1.807) is 35.2 Å². The zero-order valence-corrected chi connectivity index (χ0v) is 14.7. The van der Waals surface area contributed by atoms with Crippen molar-refractivity contribution >= 4 is 38.9 Å². The SMILES string of the molecule is CCN1C(=O)CCc2cc(NS(=O)(=O)c3ccccc3Cl)ccc21.